The molecule has 0 N–H and O–H groups in total. The zero-order valence-electron chi connectivity index (χ0n) is 6.78. The molecule has 0 bridgehead atoms. The summed E-state index contributed by atoms with van der Waals surface area (Å²) in [5.41, 5.74) is -0.0876. The fourth-order valence-corrected chi connectivity index (χ4v) is 1.08. The summed E-state index contributed by atoms with van der Waals surface area (Å²) in [5.74, 6) is 0. The molecule has 0 aromatic heterocycles. The molecule has 0 aliphatic carbocycles. The third-order valence-corrected chi connectivity index (χ3v) is 1.75. The van der Waals surface area contributed by atoms with Crippen molar-refractivity contribution in [3.8, 4) is 0 Å². The van der Waals surface area contributed by atoms with Crippen molar-refractivity contribution >= 4 is 5.71 Å². The minimum atomic E-state index is -4.28. The molecule has 1 nitrogen and oxygen atoms in total. The Morgan fingerprint density at radius 1 is 1.50 bits per heavy atom. The third-order valence-electron chi connectivity index (χ3n) is 1.75. The Hall–Kier alpha value is -0.800. The lowest BCUT2D eigenvalue weighted by molar-refractivity contribution is -0.0927. The zero-order valence-corrected chi connectivity index (χ0v) is 6.78. The topological polar surface area (TPSA) is 12.4 Å². The van der Waals surface area contributed by atoms with Crippen LogP contribution in [0.3, 0.4) is 0 Å². The molecule has 4 heteroatoms. The molecule has 0 aromatic carbocycles. The van der Waals surface area contributed by atoms with Gasteiger partial charge in [-0.25, -0.2) is 0 Å². The Balaban J connectivity index is 2.80. The van der Waals surface area contributed by atoms with E-state index >= 15 is 0 Å². The summed E-state index contributed by atoms with van der Waals surface area (Å²) in [6, 6.07) is 0. The van der Waals surface area contributed by atoms with Crippen LogP contribution in [0.2, 0.25) is 0 Å². The highest BCUT2D eigenvalue weighted by atomic mass is 19.4. The number of hydrogen-bond acceptors (Lipinski definition) is 1. The molecule has 68 valence electrons. The quantitative estimate of drug-likeness (QED) is 0.583. The van der Waals surface area contributed by atoms with Gasteiger partial charge < -0.3 is 0 Å². The van der Waals surface area contributed by atoms with E-state index in [0.717, 1.165) is 6.08 Å². The van der Waals surface area contributed by atoms with E-state index in [1.807, 2.05) is 6.92 Å². The Labute approximate surface area is 69.0 Å². The summed E-state index contributed by atoms with van der Waals surface area (Å²) < 4.78 is 36.2. The summed E-state index contributed by atoms with van der Waals surface area (Å²) in [5, 5.41) is 0. The first-order valence-electron chi connectivity index (χ1n) is 3.88. The minimum Gasteiger partial charge on any atom is -0.253 e. The first-order valence-corrected chi connectivity index (χ1v) is 3.88. The molecule has 0 unspecified atom stereocenters. The van der Waals surface area contributed by atoms with Crippen molar-refractivity contribution in [3.63, 3.8) is 0 Å². The molecule has 1 rings (SSSR count). The standard InChI is InChI=1S/C8H10F3N/c1-2-6-4-3-5-7(12-6)8(9,10)11/h5H,2-4H2,1H3. The molecular formula is C8H10F3N. The number of aliphatic imine (C=N–C) groups is 1. The van der Waals surface area contributed by atoms with Gasteiger partial charge in [0, 0.05) is 5.71 Å². The van der Waals surface area contributed by atoms with Crippen LogP contribution in [-0.4, -0.2) is 11.9 Å². The Bertz CT molecular complexity index is 225. The highest BCUT2D eigenvalue weighted by molar-refractivity contribution is 5.86. The first-order chi connectivity index (χ1) is 5.54. The van der Waals surface area contributed by atoms with E-state index < -0.39 is 11.9 Å². The number of halogens is 3. The van der Waals surface area contributed by atoms with E-state index in [0.29, 0.717) is 25.0 Å². The fourth-order valence-electron chi connectivity index (χ4n) is 1.08. The lowest BCUT2D eigenvalue weighted by atomic mass is 10.1. The third kappa shape index (κ3) is 2.09. The molecule has 0 fully saturated rings. The molecule has 1 heterocycles. The predicted molar refractivity (Wildman–Crippen MR) is 41.1 cm³/mol. The van der Waals surface area contributed by atoms with Crippen LogP contribution in [-0.2, 0) is 0 Å². The van der Waals surface area contributed by atoms with Crippen LogP contribution in [0, 0.1) is 0 Å². The Morgan fingerprint density at radius 3 is 2.67 bits per heavy atom. The van der Waals surface area contributed by atoms with E-state index in [1.54, 1.807) is 0 Å². The van der Waals surface area contributed by atoms with Crippen LogP contribution in [0.1, 0.15) is 26.2 Å². The molecule has 0 atom stereocenters. The van der Waals surface area contributed by atoms with Gasteiger partial charge in [-0.2, -0.15) is 13.2 Å². The fraction of sp³-hybridized carbons (Fsp3) is 0.625. The van der Waals surface area contributed by atoms with Crippen molar-refractivity contribution in [1.82, 2.24) is 0 Å². The summed E-state index contributed by atoms with van der Waals surface area (Å²) in [6.07, 6.45) is -1.40. The van der Waals surface area contributed by atoms with Crippen molar-refractivity contribution in [2.24, 2.45) is 4.99 Å². The number of alkyl halides is 3. The van der Waals surface area contributed by atoms with Gasteiger partial charge in [0.15, 0.2) is 0 Å². The van der Waals surface area contributed by atoms with Crippen LogP contribution in [0.15, 0.2) is 16.8 Å². The van der Waals surface area contributed by atoms with E-state index in [2.05, 4.69) is 4.99 Å². The SMILES string of the molecule is CCC1=NC(C(F)(F)F)=CCC1. The van der Waals surface area contributed by atoms with Gasteiger partial charge in [0.25, 0.3) is 0 Å². The van der Waals surface area contributed by atoms with E-state index in [9.17, 15) is 13.2 Å². The van der Waals surface area contributed by atoms with Gasteiger partial charge in [-0.05, 0) is 19.3 Å². The second-order valence-electron chi connectivity index (χ2n) is 2.66. The largest absolute Gasteiger partial charge is 0.433 e. The second-order valence-corrected chi connectivity index (χ2v) is 2.66. The highest BCUT2D eigenvalue weighted by Gasteiger charge is 2.34. The van der Waals surface area contributed by atoms with Gasteiger partial charge in [-0.1, -0.05) is 13.0 Å². The number of allylic oxidation sites excluding steroid dienone is 2. The van der Waals surface area contributed by atoms with E-state index in [1.165, 1.54) is 0 Å². The summed E-state index contributed by atoms with van der Waals surface area (Å²) in [6.45, 7) is 1.82. The molecule has 12 heavy (non-hydrogen) atoms. The monoisotopic (exact) mass is 177 g/mol. The highest BCUT2D eigenvalue weighted by Crippen LogP contribution is 2.29. The van der Waals surface area contributed by atoms with Crippen LogP contribution in [0.5, 0.6) is 0 Å². The normalized spacial score (nSPS) is 18.7. The second kappa shape index (κ2) is 3.29. The number of hydrogen-bond donors (Lipinski definition) is 0. The molecule has 0 amide bonds. The molecule has 0 radical (unpaired) electrons. The maximum Gasteiger partial charge on any atom is 0.433 e. The van der Waals surface area contributed by atoms with Crippen LogP contribution in [0.25, 0.3) is 0 Å². The van der Waals surface area contributed by atoms with Gasteiger partial charge in [-0.15, -0.1) is 0 Å². The van der Waals surface area contributed by atoms with Crippen LogP contribution in [0.4, 0.5) is 13.2 Å². The Morgan fingerprint density at radius 2 is 2.17 bits per heavy atom. The van der Waals surface area contributed by atoms with Crippen LogP contribution >= 0.6 is 0 Å². The van der Waals surface area contributed by atoms with Gasteiger partial charge in [0.05, 0.1) is 0 Å². The Kier molecular flexibility index (Phi) is 2.55. The van der Waals surface area contributed by atoms with E-state index in [4.69, 9.17) is 0 Å². The smallest absolute Gasteiger partial charge is 0.253 e. The summed E-state index contributed by atoms with van der Waals surface area (Å²) >= 11 is 0. The molecule has 1 aliphatic heterocycles. The lowest BCUT2D eigenvalue weighted by Crippen LogP contribution is -2.14. The van der Waals surface area contributed by atoms with Gasteiger partial charge >= 0.3 is 6.18 Å². The lowest BCUT2D eigenvalue weighted by Gasteiger charge is -2.13. The van der Waals surface area contributed by atoms with Gasteiger partial charge in [0.1, 0.15) is 5.70 Å². The van der Waals surface area contributed by atoms with E-state index in [-0.39, 0.29) is 0 Å². The molecule has 1 aliphatic rings. The first kappa shape index (κ1) is 9.29. The maximum absolute atomic E-state index is 12.1. The molecule has 0 aromatic rings. The molecule has 0 spiro atoms. The summed E-state index contributed by atoms with van der Waals surface area (Å²) in [7, 11) is 0. The molecular weight excluding hydrogens is 167 g/mol. The maximum atomic E-state index is 12.1. The van der Waals surface area contributed by atoms with Gasteiger partial charge in [-0.3, -0.25) is 4.99 Å². The molecule has 0 saturated heterocycles. The zero-order chi connectivity index (χ0) is 9.19. The van der Waals surface area contributed by atoms with Crippen molar-refractivity contribution in [1.29, 1.82) is 0 Å². The average Bonchev–Trinajstić information content (AvgIpc) is 2.03. The van der Waals surface area contributed by atoms with Crippen molar-refractivity contribution < 1.29 is 13.2 Å². The number of nitrogens with zero attached hydrogens (tertiary/aromatic N) is 1. The predicted octanol–water partition coefficient (Wildman–Crippen LogP) is 3.08. The average molecular weight is 177 g/mol. The van der Waals surface area contributed by atoms with Crippen LogP contribution < -0.4 is 0 Å². The van der Waals surface area contributed by atoms with Crippen molar-refractivity contribution in [3.05, 3.63) is 11.8 Å². The summed E-state index contributed by atoms with van der Waals surface area (Å²) in [4.78, 5) is 3.52. The number of rotatable bonds is 1. The van der Waals surface area contributed by atoms with Crippen molar-refractivity contribution in [2.75, 3.05) is 0 Å². The van der Waals surface area contributed by atoms with Crippen molar-refractivity contribution in [2.45, 2.75) is 32.4 Å². The minimum absolute atomic E-state index is 0.460. The molecule has 0 saturated carbocycles. The van der Waals surface area contributed by atoms with Gasteiger partial charge in [0.2, 0.25) is 0 Å².